The van der Waals surface area contributed by atoms with Crippen LogP contribution in [-0.2, 0) is 16.0 Å². The Morgan fingerprint density at radius 1 is 0.936 bits per heavy atom. The predicted molar refractivity (Wildman–Crippen MR) is 180 cm³/mol. The molecule has 0 bridgehead atoms. The van der Waals surface area contributed by atoms with Crippen molar-refractivity contribution in [3.8, 4) is 40.3 Å². The number of aromatic nitrogens is 2. The van der Waals surface area contributed by atoms with Crippen LogP contribution in [0.1, 0.15) is 43.4 Å². The number of rotatable bonds is 12. The Bertz CT molecular complexity index is 1900. The van der Waals surface area contributed by atoms with Gasteiger partial charge in [0, 0.05) is 29.4 Å². The number of nitriles is 1. The molecular formula is C38H38N4O5. The first-order valence-electron chi connectivity index (χ1n) is 15.6. The monoisotopic (exact) mass is 630 g/mol. The van der Waals surface area contributed by atoms with E-state index in [9.17, 15) is 14.9 Å². The largest absolute Gasteiger partial charge is 0.494 e. The number of carbonyl (C=O) groups is 2. The number of imide groups is 1. The summed E-state index contributed by atoms with van der Waals surface area (Å²) < 4.78 is 18.4. The number of ether oxygens (including phenoxy) is 3. The van der Waals surface area contributed by atoms with Gasteiger partial charge in [-0.05, 0) is 91.9 Å². The molecule has 0 radical (unpaired) electrons. The molecule has 2 amide bonds. The van der Waals surface area contributed by atoms with E-state index >= 15 is 0 Å². The number of para-hydroxylation sites is 1. The van der Waals surface area contributed by atoms with Crippen molar-refractivity contribution < 1.29 is 23.8 Å². The molecule has 1 aliphatic heterocycles. The third-order valence-electron chi connectivity index (χ3n) is 8.18. The van der Waals surface area contributed by atoms with Crippen molar-refractivity contribution in [3.05, 3.63) is 106 Å². The Morgan fingerprint density at radius 2 is 1.70 bits per heavy atom. The number of hydrogen-bond donors (Lipinski definition) is 0. The van der Waals surface area contributed by atoms with Crippen LogP contribution in [0.25, 0.3) is 23.0 Å². The molecule has 0 aliphatic carbocycles. The Morgan fingerprint density at radius 3 is 2.38 bits per heavy atom. The average Bonchev–Trinajstić information content (AvgIpc) is 3.50. The lowest BCUT2D eigenvalue weighted by molar-refractivity contribution is -0.140. The number of nitrogens with zero attached hydrogens (tertiary/aromatic N) is 4. The van der Waals surface area contributed by atoms with Crippen LogP contribution < -0.4 is 14.2 Å². The van der Waals surface area contributed by atoms with Gasteiger partial charge in [-0.3, -0.25) is 14.5 Å². The molecule has 0 atom stereocenters. The highest BCUT2D eigenvalue weighted by atomic mass is 16.5. The lowest BCUT2D eigenvalue weighted by Gasteiger charge is -2.27. The number of aryl methyl sites for hydroxylation is 1. The average molecular weight is 631 g/mol. The van der Waals surface area contributed by atoms with Crippen molar-refractivity contribution in [2.45, 2.75) is 40.0 Å². The first kappa shape index (κ1) is 32.8. The predicted octanol–water partition coefficient (Wildman–Crippen LogP) is 6.88. The molecule has 1 aromatic heterocycles. The van der Waals surface area contributed by atoms with Crippen LogP contribution in [0.5, 0.6) is 17.2 Å². The Kier molecular flexibility index (Phi) is 10.2. The van der Waals surface area contributed by atoms with Gasteiger partial charge < -0.3 is 14.2 Å². The third-order valence-corrected chi connectivity index (χ3v) is 8.18. The number of amides is 2. The van der Waals surface area contributed by atoms with E-state index in [1.165, 1.54) is 0 Å². The Hall–Kier alpha value is -5.62. The van der Waals surface area contributed by atoms with Gasteiger partial charge in [0.05, 0.1) is 26.5 Å². The highest BCUT2D eigenvalue weighted by molar-refractivity contribution is 6.19. The van der Waals surface area contributed by atoms with Gasteiger partial charge in [0.2, 0.25) is 0 Å². The van der Waals surface area contributed by atoms with Gasteiger partial charge in [-0.25, -0.2) is 4.68 Å². The Balaban J connectivity index is 1.55. The summed E-state index contributed by atoms with van der Waals surface area (Å²) in [6.45, 7) is 6.49. The molecule has 3 aromatic carbocycles. The van der Waals surface area contributed by atoms with Gasteiger partial charge in [-0.15, -0.1) is 0 Å². The highest BCUT2D eigenvalue weighted by Gasteiger charge is 2.35. The summed E-state index contributed by atoms with van der Waals surface area (Å²) in [5.74, 6) is 0.835. The second kappa shape index (κ2) is 14.6. The second-order valence-electron chi connectivity index (χ2n) is 11.3. The molecule has 0 fully saturated rings. The summed E-state index contributed by atoms with van der Waals surface area (Å²) in [6, 6.07) is 23.1. The van der Waals surface area contributed by atoms with Crippen molar-refractivity contribution >= 4 is 17.9 Å². The van der Waals surface area contributed by atoms with Crippen molar-refractivity contribution in [2.24, 2.45) is 0 Å². The lowest BCUT2D eigenvalue weighted by Crippen LogP contribution is -2.43. The summed E-state index contributed by atoms with van der Waals surface area (Å²) in [4.78, 5) is 28.6. The lowest BCUT2D eigenvalue weighted by atomic mass is 9.92. The molecule has 240 valence electrons. The van der Waals surface area contributed by atoms with Gasteiger partial charge >= 0.3 is 0 Å². The van der Waals surface area contributed by atoms with Crippen LogP contribution in [0.4, 0.5) is 0 Å². The van der Waals surface area contributed by atoms with E-state index < -0.39 is 11.8 Å². The van der Waals surface area contributed by atoms with E-state index in [0.29, 0.717) is 41.4 Å². The normalized spacial score (nSPS) is 14.0. The minimum absolute atomic E-state index is 0.0649. The zero-order valence-corrected chi connectivity index (χ0v) is 27.4. The molecule has 0 saturated heterocycles. The molecule has 9 heteroatoms. The zero-order valence-electron chi connectivity index (χ0n) is 27.4. The molecule has 47 heavy (non-hydrogen) atoms. The second-order valence-corrected chi connectivity index (χ2v) is 11.3. The molecule has 1 aliphatic rings. The van der Waals surface area contributed by atoms with Crippen molar-refractivity contribution in [1.29, 1.82) is 5.26 Å². The van der Waals surface area contributed by atoms with Crippen LogP contribution in [0.3, 0.4) is 0 Å². The maximum Gasteiger partial charge on any atom is 0.271 e. The van der Waals surface area contributed by atoms with E-state index in [-0.39, 0.29) is 17.7 Å². The molecule has 9 nitrogen and oxygen atoms in total. The standard InChI is InChI=1S/C38H38N4O5/c1-6-7-19-47-30-14-15-31(25(2)20-30)36-28(24-42(40-36)29-11-9-8-10-12-29)22-32-26(3)33(23-39)38(44)41(37(32)43)18-17-27-13-16-34(45-4)35(21-27)46-5/h8-16,20-22,24H,6-7,17-19H2,1-5H3/b32-22+. The van der Waals surface area contributed by atoms with E-state index in [1.54, 1.807) is 38.0 Å². The molecule has 0 N–H and O–H groups in total. The van der Waals surface area contributed by atoms with Gasteiger partial charge in [-0.2, -0.15) is 10.4 Å². The van der Waals surface area contributed by atoms with E-state index in [1.807, 2.05) is 79.9 Å². The van der Waals surface area contributed by atoms with Gasteiger partial charge in [0.15, 0.2) is 11.5 Å². The minimum atomic E-state index is -0.609. The van der Waals surface area contributed by atoms with Gasteiger partial charge in [-0.1, -0.05) is 37.6 Å². The third kappa shape index (κ3) is 6.97. The number of methoxy groups -OCH3 is 2. The molecule has 0 saturated carbocycles. The highest BCUT2D eigenvalue weighted by Crippen LogP contribution is 2.34. The summed E-state index contributed by atoms with van der Waals surface area (Å²) in [6.07, 6.45) is 5.98. The van der Waals surface area contributed by atoms with Crippen LogP contribution >= 0.6 is 0 Å². The number of hydrogen-bond acceptors (Lipinski definition) is 7. The summed E-state index contributed by atoms with van der Waals surface area (Å²) in [5.41, 5.74) is 5.40. The van der Waals surface area contributed by atoms with Crippen molar-refractivity contribution in [3.63, 3.8) is 0 Å². The molecular weight excluding hydrogens is 592 g/mol. The summed E-state index contributed by atoms with van der Waals surface area (Å²) >= 11 is 0. The van der Waals surface area contributed by atoms with Crippen LogP contribution in [0.15, 0.2) is 89.6 Å². The van der Waals surface area contributed by atoms with Gasteiger partial charge in [0.1, 0.15) is 23.1 Å². The maximum atomic E-state index is 14.0. The van der Waals surface area contributed by atoms with E-state index in [2.05, 4.69) is 6.92 Å². The van der Waals surface area contributed by atoms with Crippen molar-refractivity contribution in [1.82, 2.24) is 14.7 Å². The van der Waals surface area contributed by atoms with E-state index in [0.717, 1.165) is 45.9 Å². The Labute approximate surface area is 275 Å². The topological polar surface area (TPSA) is 107 Å². The number of unbranched alkanes of at least 4 members (excludes halogenated alkanes) is 1. The van der Waals surface area contributed by atoms with Crippen molar-refractivity contribution in [2.75, 3.05) is 27.4 Å². The fraction of sp³-hybridized carbons (Fsp3) is 0.263. The first-order valence-corrected chi connectivity index (χ1v) is 15.6. The summed E-state index contributed by atoms with van der Waals surface area (Å²) in [5, 5.41) is 15.0. The number of carbonyl (C=O) groups excluding carboxylic acids is 2. The fourth-order valence-electron chi connectivity index (χ4n) is 5.51. The van der Waals surface area contributed by atoms with Crippen LogP contribution in [-0.4, -0.2) is 53.9 Å². The smallest absolute Gasteiger partial charge is 0.271 e. The van der Waals surface area contributed by atoms with Crippen LogP contribution in [0, 0.1) is 18.3 Å². The maximum absolute atomic E-state index is 14.0. The van der Waals surface area contributed by atoms with Gasteiger partial charge in [0.25, 0.3) is 11.8 Å². The number of benzene rings is 3. The zero-order chi connectivity index (χ0) is 33.5. The molecule has 0 unspecified atom stereocenters. The molecule has 5 rings (SSSR count). The molecule has 0 spiro atoms. The molecule has 4 aromatic rings. The van der Waals surface area contributed by atoms with Crippen LogP contribution in [0.2, 0.25) is 0 Å². The minimum Gasteiger partial charge on any atom is -0.494 e. The quantitative estimate of drug-likeness (QED) is 0.0954. The fourth-order valence-corrected chi connectivity index (χ4v) is 5.51. The SMILES string of the molecule is CCCCOc1ccc(-c2nn(-c3ccccc3)cc2/C=C2/C(=O)N(CCc3ccc(OC)c(OC)c3)C(=O)C(C#N)=C2C)c(C)c1. The first-order chi connectivity index (χ1) is 22.8. The summed E-state index contributed by atoms with van der Waals surface area (Å²) in [7, 11) is 3.11. The molecule has 2 heterocycles. The van der Waals surface area contributed by atoms with E-state index in [4.69, 9.17) is 19.3 Å².